The zero-order valence-corrected chi connectivity index (χ0v) is 12.1. The van der Waals surface area contributed by atoms with E-state index in [4.69, 9.17) is 5.11 Å². The molecule has 0 saturated heterocycles. The van der Waals surface area contributed by atoms with E-state index >= 15 is 0 Å². The van der Waals surface area contributed by atoms with Crippen LogP contribution in [0.2, 0.25) is 0 Å². The van der Waals surface area contributed by atoms with Crippen molar-refractivity contribution in [1.29, 1.82) is 0 Å². The SMILES string of the molecule is CC(F)(F)c1cc(-c2ncn(/C=C\C(=O)O)n2)cc(C(F)(F)F)c1. The highest BCUT2D eigenvalue weighted by atomic mass is 19.4. The van der Waals surface area contributed by atoms with Crippen molar-refractivity contribution in [3.63, 3.8) is 0 Å². The van der Waals surface area contributed by atoms with Crippen LogP contribution in [0.1, 0.15) is 18.1 Å². The molecule has 0 amide bonds. The fourth-order valence-electron chi connectivity index (χ4n) is 1.79. The van der Waals surface area contributed by atoms with Crippen LogP contribution in [0.25, 0.3) is 17.6 Å². The molecule has 0 saturated carbocycles. The number of carbonyl (C=O) groups is 1. The third-order valence-electron chi connectivity index (χ3n) is 2.90. The van der Waals surface area contributed by atoms with Gasteiger partial charge in [-0.3, -0.25) is 0 Å². The number of aliphatic carboxylic acids is 1. The lowest BCUT2D eigenvalue weighted by Gasteiger charge is -2.15. The molecule has 0 aliphatic carbocycles. The maximum atomic E-state index is 13.4. The molecule has 1 N–H and O–H groups in total. The van der Waals surface area contributed by atoms with Crippen molar-refractivity contribution in [3.05, 3.63) is 41.7 Å². The molecule has 0 unspecified atom stereocenters. The summed E-state index contributed by atoms with van der Waals surface area (Å²) in [7, 11) is 0. The maximum absolute atomic E-state index is 13.4. The zero-order chi connectivity index (χ0) is 18.1. The normalized spacial score (nSPS) is 12.8. The van der Waals surface area contributed by atoms with Crippen molar-refractivity contribution < 1.29 is 31.9 Å². The summed E-state index contributed by atoms with van der Waals surface area (Å²) in [4.78, 5) is 14.1. The summed E-state index contributed by atoms with van der Waals surface area (Å²) in [5.41, 5.74) is -2.34. The Morgan fingerprint density at radius 1 is 1.17 bits per heavy atom. The quantitative estimate of drug-likeness (QED) is 0.677. The summed E-state index contributed by atoms with van der Waals surface area (Å²) < 4.78 is 66.5. The predicted molar refractivity (Wildman–Crippen MR) is 73.0 cm³/mol. The van der Waals surface area contributed by atoms with Crippen LogP contribution in [0.5, 0.6) is 0 Å². The molecule has 0 aliphatic heterocycles. The van der Waals surface area contributed by atoms with Gasteiger partial charge in [-0.25, -0.2) is 23.2 Å². The number of halogens is 5. The van der Waals surface area contributed by atoms with Gasteiger partial charge in [0.15, 0.2) is 5.82 Å². The molecule has 0 fully saturated rings. The Labute approximate surface area is 132 Å². The Morgan fingerprint density at radius 3 is 2.33 bits per heavy atom. The molecule has 128 valence electrons. The Bertz CT molecular complexity index is 758. The molecule has 0 atom stereocenters. The topological polar surface area (TPSA) is 68.0 Å². The van der Waals surface area contributed by atoms with Gasteiger partial charge in [-0.2, -0.15) is 13.2 Å². The van der Waals surface area contributed by atoms with Crippen molar-refractivity contribution in [3.8, 4) is 11.4 Å². The standard InChI is InChI=1S/C14H10F5N3O2/c1-13(15,16)9-4-8(5-10(6-9)14(17,18)19)12-20-7-22(21-12)3-2-11(23)24/h2-7H,1H3,(H,23,24)/b3-2-. The van der Waals surface area contributed by atoms with E-state index in [0.29, 0.717) is 19.1 Å². The number of aromatic nitrogens is 3. The number of benzene rings is 1. The van der Waals surface area contributed by atoms with E-state index in [1.165, 1.54) is 0 Å². The number of alkyl halides is 5. The summed E-state index contributed by atoms with van der Waals surface area (Å²) in [6.45, 7) is 0.480. The second-order valence-corrected chi connectivity index (χ2v) is 4.89. The average molecular weight is 347 g/mol. The van der Waals surface area contributed by atoms with Crippen molar-refractivity contribution in [2.24, 2.45) is 0 Å². The lowest BCUT2D eigenvalue weighted by molar-refractivity contribution is -0.137. The summed E-state index contributed by atoms with van der Waals surface area (Å²) in [5.74, 6) is -5.00. The van der Waals surface area contributed by atoms with Crippen LogP contribution < -0.4 is 0 Å². The van der Waals surface area contributed by atoms with Crippen LogP contribution in [0.3, 0.4) is 0 Å². The van der Waals surface area contributed by atoms with E-state index in [1.807, 2.05) is 0 Å². The van der Waals surface area contributed by atoms with Crippen molar-refractivity contribution in [1.82, 2.24) is 14.8 Å². The molecule has 1 heterocycles. The van der Waals surface area contributed by atoms with Gasteiger partial charge in [-0.05, 0) is 18.2 Å². The second-order valence-electron chi connectivity index (χ2n) is 4.89. The fourth-order valence-corrected chi connectivity index (χ4v) is 1.79. The van der Waals surface area contributed by atoms with Gasteiger partial charge in [-0.15, -0.1) is 5.10 Å². The van der Waals surface area contributed by atoms with Crippen LogP contribution >= 0.6 is 0 Å². The zero-order valence-electron chi connectivity index (χ0n) is 12.1. The number of rotatable bonds is 4. The van der Waals surface area contributed by atoms with E-state index in [1.54, 1.807) is 0 Å². The van der Waals surface area contributed by atoms with Crippen molar-refractivity contribution >= 4 is 12.2 Å². The third-order valence-corrected chi connectivity index (χ3v) is 2.90. The molecule has 0 aliphatic rings. The highest BCUT2D eigenvalue weighted by Crippen LogP contribution is 2.37. The minimum absolute atomic E-state index is 0.248. The lowest BCUT2D eigenvalue weighted by atomic mass is 10.0. The summed E-state index contributed by atoms with van der Waals surface area (Å²) in [6, 6.07) is 1.87. The minimum atomic E-state index is -4.82. The molecule has 2 rings (SSSR count). The van der Waals surface area contributed by atoms with Gasteiger partial charge in [-0.1, -0.05) is 0 Å². The van der Waals surface area contributed by atoms with Gasteiger partial charge in [0.2, 0.25) is 0 Å². The third kappa shape index (κ3) is 4.15. The largest absolute Gasteiger partial charge is 0.478 e. The lowest BCUT2D eigenvalue weighted by Crippen LogP contribution is -2.12. The predicted octanol–water partition coefficient (Wildman–Crippen LogP) is 3.63. The molecule has 5 nitrogen and oxygen atoms in total. The highest BCUT2D eigenvalue weighted by Gasteiger charge is 2.34. The summed E-state index contributed by atoms with van der Waals surface area (Å²) in [6.07, 6.45) is -2.04. The first kappa shape index (κ1) is 17.6. The maximum Gasteiger partial charge on any atom is 0.416 e. The Hall–Kier alpha value is -2.78. The molecule has 0 bridgehead atoms. The second kappa shape index (κ2) is 6.02. The van der Waals surface area contributed by atoms with Crippen molar-refractivity contribution in [2.75, 3.05) is 0 Å². The van der Waals surface area contributed by atoms with Gasteiger partial charge in [0.1, 0.15) is 6.33 Å². The highest BCUT2D eigenvalue weighted by molar-refractivity contribution is 5.82. The first-order valence-corrected chi connectivity index (χ1v) is 6.40. The molecule has 1 aromatic heterocycles. The number of hydrogen-bond acceptors (Lipinski definition) is 3. The van der Waals surface area contributed by atoms with Gasteiger partial charge in [0.25, 0.3) is 5.92 Å². The van der Waals surface area contributed by atoms with E-state index < -0.39 is 29.2 Å². The molecule has 0 spiro atoms. The van der Waals surface area contributed by atoms with Crippen LogP contribution in [0, 0.1) is 0 Å². The summed E-state index contributed by atoms with van der Waals surface area (Å²) in [5, 5.41) is 12.2. The number of nitrogens with zero attached hydrogens (tertiary/aromatic N) is 3. The number of carboxylic acid groups (broad SMARTS) is 1. The van der Waals surface area contributed by atoms with Crippen molar-refractivity contribution in [2.45, 2.75) is 19.0 Å². The Morgan fingerprint density at radius 2 is 1.79 bits per heavy atom. The fraction of sp³-hybridized carbons (Fsp3) is 0.214. The smallest absolute Gasteiger partial charge is 0.416 e. The van der Waals surface area contributed by atoms with E-state index in [-0.39, 0.29) is 11.4 Å². The number of carboxylic acids is 1. The first-order chi connectivity index (χ1) is 11.0. The minimum Gasteiger partial charge on any atom is -0.478 e. The molecule has 24 heavy (non-hydrogen) atoms. The van der Waals surface area contributed by atoms with E-state index in [9.17, 15) is 26.7 Å². The molecule has 10 heteroatoms. The first-order valence-electron chi connectivity index (χ1n) is 6.40. The molecule has 0 radical (unpaired) electrons. The summed E-state index contributed by atoms with van der Waals surface area (Å²) >= 11 is 0. The van der Waals surface area contributed by atoms with Gasteiger partial charge >= 0.3 is 12.1 Å². The van der Waals surface area contributed by atoms with Gasteiger partial charge < -0.3 is 5.11 Å². The number of hydrogen-bond donors (Lipinski definition) is 1. The molecular weight excluding hydrogens is 337 g/mol. The van der Waals surface area contributed by atoms with E-state index in [2.05, 4.69) is 10.1 Å². The van der Waals surface area contributed by atoms with E-state index in [0.717, 1.165) is 29.4 Å². The van der Waals surface area contributed by atoms with Crippen LogP contribution in [0.15, 0.2) is 30.6 Å². The van der Waals surface area contributed by atoms with Crippen LogP contribution in [-0.4, -0.2) is 25.8 Å². The van der Waals surface area contributed by atoms with Crippen LogP contribution in [0.4, 0.5) is 22.0 Å². The van der Waals surface area contributed by atoms with Gasteiger partial charge in [0, 0.05) is 30.3 Å². The molecule has 2 aromatic rings. The van der Waals surface area contributed by atoms with Gasteiger partial charge in [0.05, 0.1) is 5.56 Å². The molecule has 1 aromatic carbocycles. The van der Waals surface area contributed by atoms with Crippen LogP contribution in [-0.2, 0) is 16.9 Å². The Balaban J connectivity index is 2.52. The average Bonchev–Trinajstić information content (AvgIpc) is 2.91. The Kier molecular flexibility index (Phi) is 4.41. The molecular formula is C14H10F5N3O2. The monoisotopic (exact) mass is 347 g/mol.